The van der Waals surface area contributed by atoms with Gasteiger partial charge < -0.3 is 15.4 Å². The zero-order valence-corrected chi connectivity index (χ0v) is 19.8. The summed E-state index contributed by atoms with van der Waals surface area (Å²) >= 11 is 6.23. The first-order valence-corrected chi connectivity index (χ1v) is 11.3. The fourth-order valence-electron chi connectivity index (χ4n) is 2.95. The Labute approximate surface area is 208 Å². The number of nitrogens with one attached hydrogen (secondary N) is 3. The smallest absolute Gasteiger partial charge is 0.329 e. The monoisotopic (exact) mass is 492 g/mol. The molecule has 0 saturated carbocycles. The second kappa shape index (κ2) is 12.9. The van der Waals surface area contributed by atoms with Gasteiger partial charge >= 0.3 is 11.8 Å². The van der Waals surface area contributed by atoms with Crippen molar-refractivity contribution in [2.45, 2.75) is 19.9 Å². The average molecular weight is 493 g/mol. The van der Waals surface area contributed by atoms with Crippen LogP contribution in [0.15, 0.2) is 77.9 Å². The van der Waals surface area contributed by atoms with Gasteiger partial charge in [0.1, 0.15) is 5.75 Å². The van der Waals surface area contributed by atoms with Gasteiger partial charge in [0.25, 0.3) is 5.91 Å². The Balaban J connectivity index is 1.44. The zero-order chi connectivity index (χ0) is 25.0. The highest BCUT2D eigenvalue weighted by Gasteiger charge is 2.12. The normalized spacial score (nSPS) is 10.6. The number of carbonyl (C=O) groups excluding carboxylic acids is 3. The van der Waals surface area contributed by atoms with Gasteiger partial charge in [-0.15, -0.1) is 0 Å². The molecule has 0 atom stereocenters. The molecule has 9 heteroatoms. The molecular formula is C26H25ClN4O4. The zero-order valence-electron chi connectivity index (χ0n) is 19.1. The molecule has 0 spiro atoms. The van der Waals surface area contributed by atoms with Gasteiger partial charge in [0.2, 0.25) is 0 Å². The molecule has 3 aromatic carbocycles. The Bertz CT molecular complexity index is 1200. The second-order valence-electron chi connectivity index (χ2n) is 7.44. The predicted octanol–water partition coefficient (Wildman–Crippen LogP) is 3.69. The van der Waals surface area contributed by atoms with Gasteiger partial charge in [-0.3, -0.25) is 14.4 Å². The van der Waals surface area contributed by atoms with Crippen LogP contribution in [0.3, 0.4) is 0 Å². The minimum Gasteiger partial charge on any atom is -0.482 e. The van der Waals surface area contributed by atoms with Crippen LogP contribution in [-0.2, 0) is 27.3 Å². The molecule has 0 fully saturated rings. The lowest BCUT2D eigenvalue weighted by Crippen LogP contribution is -2.37. The van der Waals surface area contributed by atoms with Crippen molar-refractivity contribution in [3.8, 4) is 5.75 Å². The van der Waals surface area contributed by atoms with Crippen LogP contribution in [0.1, 0.15) is 23.6 Å². The van der Waals surface area contributed by atoms with E-state index in [1.807, 2.05) is 54.6 Å². The largest absolute Gasteiger partial charge is 0.482 e. The number of benzene rings is 3. The van der Waals surface area contributed by atoms with Gasteiger partial charge in [-0.05, 0) is 53.4 Å². The maximum Gasteiger partial charge on any atom is 0.329 e. The first-order chi connectivity index (χ1) is 16.9. The number of hydrazone groups is 1. The lowest BCUT2D eigenvalue weighted by Gasteiger charge is -2.09. The topological polar surface area (TPSA) is 109 Å². The summed E-state index contributed by atoms with van der Waals surface area (Å²) in [5, 5.41) is 9.31. The molecule has 0 saturated heterocycles. The molecule has 3 amide bonds. The van der Waals surface area contributed by atoms with Crippen LogP contribution < -0.4 is 20.8 Å². The van der Waals surface area contributed by atoms with Crippen LogP contribution in [-0.4, -0.2) is 30.5 Å². The van der Waals surface area contributed by atoms with Crippen molar-refractivity contribution in [1.82, 2.24) is 10.7 Å². The molecule has 3 N–H and O–H groups in total. The van der Waals surface area contributed by atoms with E-state index in [1.54, 1.807) is 18.2 Å². The molecule has 3 rings (SSSR count). The Hall–Kier alpha value is -4.17. The summed E-state index contributed by atoms with van der Waals surface area (Å²) in [6.07, 6.45) is 2.26. The van der Waals surface area contributed by atoms with Crippen molar-refractivity contribution in [3.05, 3.63) is 94.5 Å². The van der Waals surface area contributed by atoms with Gasteiger partial charge in [0.15, 0.2) is 6.61 Å². The molecule has 0 radical (unpaired) electrons. The summed E-state index contributed by atoms with van der Waals surface area (Å²) < 4.78 is 5.50. The van der Waals surface area contributed by atoms with Crippen LogP contribution in [0.4, 0.5) is 5.69 Å². The first-order valence-electron chi connectivity index (χ1n) is 10.9. The van der Waals surface area contributed by atoms with E-state index in [9.17, 15) is 14.4 Å². The Morgan fingerprint density at radius 2 is 1.69 bits per heavy atom. The number of ether oxygens (including phenoxy) is 1. The van der Waals surface area contributed by atoms with E-state index >= 15 is 0 Å². The number of carbonyl (C=O) groups is 3. The molecule has 0 aliphatic rings. The third-order valence-corrected chi connectivity index (χ3v) is 5.14. The number of anilines is 1. The highest BCUT2D eigenvalue weighted by molar-refractivity contribution is 6.35. The number of hydrogen-bond acceptors (Lipinski definition) is 5. The molecule has 0 bridgehead atoms. The van der Waals surface area contributed by atoms with Crippen molar-refractivity contribution in [2.24, 2.45) is 5.10 Å². The van der Waals surface area contributed by atoms with E-state index < -0.39 is 11.8 Å². The van der Waals surface area contributed by atoms with Crippen molar-refractivity contribution in [2.75, 3.05) is 11.9 Å². The highest BCUT2D eigenvalue weighted by atomic mass is 35.5. The van der Waals surface area contributed by atoms with E-state index in [-0.39, 0.29) is 24.1 Å². The molecule has 0 aliphatic heterocycles. The Morgan fingerprint density at radius 3 is 2.37 bits per heavy atom. The second-order valence-corrected chi connectivity index (χ2v) is 7.85. The number of aryl methyl sites for hydroxylation is 1. The quantitative estimate of drug-likeness (QED) is 0.240. The minimum absolute atomic E-state index is 0.211. The lowest BCUT2D eigenvalue weighted by molar-refractivity contribution is -0.139. The number of rotatable bonds is 9. The van der Waals surface area contributed by atoms with E-state index in [0.29, 0.717) is 17.0 Å². The summed E-state index contributed by atoms with van der Waals surface area (Å²) in [6.45, 7) is 2.08. The van der Waals surface area contributed by atoms with Gasteiger partial charge in [0, 0.05) is 12.2 Å². The molecular weight excluding hydrogens is 468 g/mol. The molecule has 0 aromatic heterocycles. The van der Waals surface area contributed by atoms with Crippen LogP contribution in [0.5, 0.6) is 5.75 Å². The van der Waals surface area contributed by atoms with E-state index in [0.717, 1.165) is 12.0 Å². The number of hydrogen-bond donors (Lipinski definition) is 3. The average Bonchev–Trinajstić information content (AvgIpc) is 2.87. The third kappa shape index (κ3) is 8.28. The fourth-order valence-corrected chi connectivity index (χ4v) is 3.20. The number of halogens is 1. The van der Waals surface area contributed by atoms with Gasteiger partial charge in [-0.1, -0.05) is 61.0 Å². The SMILES string of the molecule is CCc1ccc(NC(=O)COc2ccc(/C=N\NC(=O)C(=O)NCc3ccccc3)cc2Cl)cc1. The van der Waals surface area contributed by atoms with Crippen molar-refractivity contribution in [3.63, 3.8) is 0 Å². The van der Waals surface area contributed by atoms with Crippen molar-refractivity contribution < 1.29 is 19.1 Å². The molecule has 0 heterocycles. The number of amides is 3. The Morgan fingerprint density at radius 1 is 0.943 bits per heavy atom. The molecule has 3 aromatic rings. The number of nitrogens with zero attached hydrogens (tertiary/aromatic N) is 1. The minimum atomic E-state index is -0.890. The highest BCUT2D eigenvalue weighted by Crippen LogP contribution is 2.25. The van der Waals surface area contributed by atoms with Crippen LogP contribution in [0.25, 0.3) is 0 Å². The standard InChI is InChI=1S/C26H25ClN4O4/c1-2-18-8-11-21(12-9-18)30-24(32)17-35-23-13-10-20(14-22(23)27)16-29-31-26(34)25(33)28-15-19-6-4-3-5-7-19/h3-14,16H,2,15,17H2,1H3,(H,28,33)(H,30,32)(H,31,34)/b29-16-. The molecule has 0 aliphatic carbocycles. The van der Waals surface area contributed by atoms with Gasteiger partial charge in [-0.2, -0.15) is 5.10 Å². The van der Waals surface area contributed by atoms with E-state index in [1.165, 1.54) is 11.8 Å². The van der Waals surface area contributed by atoms with E-state index in [4.69, 9.17) is 16.3 Å². The summed E-state index contributed by atoms with van der Waals surface area (Å²) in [5.41, 5.74) is 5.46. The van der Waals surface area contributed by atoms with Gasteiger partial charge in [-0.25, -0.2) is 5.43 Å². The summed E-state index contributed by atoms with van der Waals surface area (Å²) in [7, 11) is 0. The third-order valence-electron chi connectivity index (χ3n) is 4.84. The maximum atomic E-state index is 12.1. The van der Waals surface area contributed by atoms with Crippen molar-refractivity contribution >= 4 is 41.2 Å². The van der Waals surface area contributed by atoms with Crippen molar-refractivity contribution in [1.29, 1.82) is 0 Å². The molecule has 35 heavy (non-hydrogen) atoms. The fraction of sp³-hybridized carbons (Fsp3) is 0.154. The molecule has 180 valence electrons. The molecule has 0 unspecified atom stereocenters. The lowest BCUT2D eigenvalue weighted by atomic mass is 10.1. The maximum absolute atomic E-state index is 12.1. The van der Waals surface area contributed by atoms with E-state index in [2.05, 4.69) is 28.1 Å². The summed E-state index contributed by atoms with van der Waals surface area (Å²) in [6, 6.07) is 21.6. The van der Waals surface area contributed by atoms with Gasteiger partial charge in [0.05, 0.1) is 11.2 Å². The first kappa shape index (κ1) is 25.5. The summed E-state index contributed by atoms with van der Waals surface area (Å²) in [4.78, 5) is 35.9. The summed E-state index contributed by atoms with van der Waals surface area (Å²) in [5.74, 6) is -1.68. The van der Waals surface area contributed by atoms with Crippen LogP contribution in [0.2, 0.25) is 5.02 Å². The predicted molar refractivity (Wildman–Crippen MR) is 135 cm³/mol. The van der Waals surface area contributed by atoms with Crippen LogP contribution >= 0.6 is 11.6 Å². The Kier molecular flexibility index (Phi) is 9.39. The molecule has 8 nitrogen and oxygen atoms in total. The van der Waals surface area contributed by atoms with Crippen LogP contribution in [0, 0.1) is 0 Å².